The van der Waals surface area contributed by atoms with Crippen LogP contribution >= 0.6 is 11.6 Å². The maximum absolute atomic E-state index is 11.2. The highest BCUT2D eigenvalue weighted by molar-refractivity contribution is 7.90. The SMILES string of the molecule is CS(=O)(=O)c1ccc(NCc2ccc(Cl)o2)cn1. The second kappa shape index (κ2) is 4.99. The van der Waals surface area contributed by atoms with Gasteiger partial charge in [0.25, 0.3) is 0 Å². The number of pyridine rings is 1. The van der Waals surface area contributed by atoms with E-state index in [2.05, 4.69) is 10.3 Å². The molecular formula is C11H11ClN2O3S. The summed E-state index contributed by atoms with van der Waals surface area (Å²) in [4.78, 5) is 3.86. The third-order valence-corrected chi connectivity index (χ3v) is 3.42. The van der Waals surface area contributed by atoms with Gasteiger partial charge < -0.3 is 9.73 Å². The minimum atomic E-state index is -3.26. The number of nitrogens with zero attached hydrogens (tertiary/aromatic N) is 1. The van der Waals surface area contributed by atoms with Crippen molar-refractivity contribution in [3.05, 3.63) is 41.4 Å². The van der Waals surface area contributed by atoms with E-state index in [0.717, 1.165) is 6.26 Å². The number of hydrogen-bond acceptors (Lipinski definition) is 5. The predicted octanol–water partition coefficient (Wildman–Crippen LogP) is 2.34. The Labute approximate surface area is 110 Å². The van der Waals surface area contributed by atoms with Crippen LogP contribution in [0.3, 0.4) is 0 Å². The number of sulfone groups is 1. The van der Waals surface area contributed by atoms with Gasteiger partial charge in [-0.25, -0.2) is 13.4 Å². The molecule has 0 amide bonds. The van der Waals surface area contributed by atoms with E-state index in [1.54, 1.807) is 18.2 Å². The average molecular weight is 287 g/mol. The number of halogens is 1. The summed E-state index contributed by atoms with van der Waals surface area (Å²) >= 11 is 5.64. The molecule has 0 bridgehead atoms. The van der Waals surface area contributed by atoms with Crippen LogP contribution in [0.1, 0.15) is 5.76 Å². The van der Waals surface area contributed by atoms with Gasteiger partial charge in [0.1, 0.15) is 5.76 Å². The van der Waals surface area contributed by atoms with Gasteiger partial charge >= 0.3 is 0 Å². The van der Waals surface area contributed by atoms with Gasteiger partial charge in [-0.2, -0.15) is 0 Å². The van der Waals surface area contributed by atoms with Gasteiger partial charge in [0, 0.05) is 6.26 Å². The molecule has 0 unspecified atom stereocenters. The van der Waals surface area contributed by atoms with Gasteiger partial charge in [-0.1, -0.05) is 0 Å². The van der Waals surface area contributed by atoms with Gasteiger partial charge in [-0.05, 0) is 35.9 Å². The van der Waals surface area contributed by atoms with E-state index >= 15 is 0 Å². The molecule has 7 heteroatoms. The molecule has 18 heavy (non-hydrogen) atoms. The number of hydrogen-bond donors (Lipinski definition) is 1. The van der Waals surface area contributed by atoms with E-state index in [1.165, 1.54) is 12.3 Å². The molecule has 0 aliphatic heterocycles. The summed E-state index contributed by atoms with van der Waals surface area (Å²) in [6.07, 6.45) is 2.58. The second-order valence-corrected chi connectivity index (χ2v) is 6.05. The van der Waals surface area contributed by atoms with Crippen molar-refractivity contribution in [1.29, 1.82) is 0 Å². The summed E-state index contributed by atoms with van der Waals surface area (Å²) in [7, 11) is -3.26. The summed E-state index contributed by atoms with van der Waals surface area (Å²) in [5.41, 5.74) is 0.704. The predicted molar refractivity (Wildman–Crippen MR) is 68.4 cm³/mol. The number of anilines is 1. The molecule has 0 aromatic carbocycles. The molecule has 5 nitrogen and oxygen atoms in total. The molecule has 2 aromatic heterocycles. The Morgan fingerprint density at radius 2 is 2.11 bits per heavy atom. The van der Waals surface area contributed by atoms with Crippen molar-refractivity contribution in [1.82, 2.24) is 4.98 Å². The molecule has 96 valence electrons. The first-order chi connectivity index (χ1) is 8.45. The fraction of sp³-hybridized carbons (Fsp3) is 0.182. The maximum Gasteiger partial charge on any atom is 0.193 e. The smallest absolute Gasteiger partial charge is 0.193 e. The summed E-state index contributed by atoms with van der Waals surface area (Å²) in [6, 6.07) is 6.51. The second-order valence-electron chi connectivity index (χ2n) is 3.72. The Balaban J connectivity index is 2.03. The van der Waals surface area contributed by atoms with Gasteiger partial charge in [0.15, 0.2) is 20.1 Å². The molecular weight excluding hydrogens is 276 g/mol. The van der Waals surface area contributed by atoms with Crippen molar-refractivity contribution in [3.8, 4) is 0 Å². The summed E-state index contributed by atoms with van der Waals surface area (Å²) in [5, 5.41) is 3.42. The summed E-state index contributed by atoms with van der Waals surface area (Å²) < 4.78 is 27.6. The van der Waals surface area contributed by atoms with E-state index in [0.29, 0.717) is 23.2 Å². The highest BCUT2D eigenvalue weighted by atomic mass is 35.5. The van der Waals surface area contributed by atoms with E-state index in [1.807, 2.05) is 0 Å². The molecule has 2 aromatic rings. The van der Waals surface area contributed by atoms with Crippen LogP contribution in [0.25, 0.3) is 0 Å². The van der Waals surface area contributed by atoms with Gasteiger partial charge in [0.2, 0.25) is 0 Å². The van der Waals surface area contributed by atoms with Crippen molar-refractivity contribution >= 4 is 27.1 Å². The van der Waals surface area contributed by atoms with E-state index < -0.39 is 9.84 Å². The molecule has 0 atom stereocenters. The average Bonchev–Trinajstić information content (AvgIpc) is 2.72. The number of aromatic nitrogens is 1. The molecule has 0 aliphatic rings. The van der Waals surface area contributed by atoms with Crippen molar-refractivity contribution in [2.75, 3.05) is 11.6 Å². The zero-order valence-electron chi connectivity index (χ0n) is 9.55. The van der Waals surface area contributed by atoms with E-state index in [4.69, 9.17) is 16.0 Å². The minimum absolute atomic E-state index is 0.0501. The Morgan fingerprint density at radius 1 is 1.33 bits per heavy atom. The Bertz CT molecular complexity index is 635. The van der Waals surface area contributed by atoms with Crippen LogP contribution in [-0.2, 0) is 16.4 Å². The fourth-order valence-corrected chi connectivity index (χ4v) is 2.06. The van der Waals surface area contributed by atoms with Crippen molar-refractivity contribution in [3.63, 3.8) is 0 Å². The molecule has 2 rings (SSSR count). The zero-order valence-corrected chi connectivity index (χ0v) is 11.1. The quantitative estimate of drug-likeness (QED) is 0.934. The molecule has 2 heterocycles. The van der Waals surface area contributed by atoms with Crippen molar-refractivity contribution < 1.29 is 12.8 Å². The van der Waals surface area contributed by atoms with Crippen LogP contribution in [0.15, 0.2) is 39.9 Å². The molecule has 0 aliphatic carbocycles. The van der Waals surface area contributed by atoms with Crippen molar-refractivity contribution in [2.24, 2.45) is 0 Å². The van der Waals surface area contributed by atoms with Crippen LogP contribution in [-0.4, -0.2) is 19.7 Å². The van der Waals surface area contributed by atoms with E-state index in [9.17, 15) is 8.42 Å². The van der Waals surface area contributed by atoms with Crippen LogP contribution in [0.2, 0.25) is 5.22 Å². The fourth-order valence-electron chi connectivity index (χ4n) is 1.34. The molecule has 0 saturated carbocycles. The zero-order chi connectivity index (χ0) is 13.2. The van der Waals surface area contributed by atoms with Gasteiger partial charge in [-0.3, -0.25) is 0 Å². The minimum Gasteiger partial charge on any atom is -0.448 e. The third kappa shape index (κ3) is 3.24. The lowest BCUT2D eigenvalue weighted by Gasteiger charge is -2.04. The van der Waals surface area contributed by atoms with Crippen molar-refractivity contribution in [2.45, 2.75) is 11.6 Å². The summed E-state index contributed by atoms with van der Waals surface area (Å²) in [6.45, 7) is 0.451. The standard InChI is InChI=1S/C11H11ClN2O3S/c1-18(15,16)11-5-2-8(6-14-11)13-7-9-3-4-10(12)17-9/h2-6,13H,7H2,1H3. The van der Waals surface area contributed by atoms with E-state index in [-0.39, 0.29) is 5.03 Å². The maximum atomic E-state index is 11.2. The number of furan rings is 1. The topological polar surface area (TPSA) is 72.2 Å². The Hall–Kier alpha value is -1.53. The largest absolute Gasteiger partial charge is 0.448 e. The first-order valence-corrected chi connectivity index (χ1v) is 7.36. The van der Waals surface area contributed by atoms with Gasteiger partial charge in [0.05, 0.1) is 18.4 Å². The molecule has 1 N–H and O–H groups in total. The molecule has 0 spiro atoms. The highest BCUT2D eigenvalue weighted by Gasteiger charge is 2.08. The van der Waals surface area contributed by atoms with Crippen LogP contribution < -0.4 is 5.32 Å². The summed E-state index contributed by atoms with van der Waals surface area (Å²) in [5.74, 6) is 0.687. The van der Waals surface area contributed by atoms with Crippen LogP contribution in [0.4, 0.5) is 5.69 Å². The van der Waals surface area contributed by atoms with Crippen LogP contribution in [0.5, 0.6) is 0 Å². The Morgan fingerprint density at radius 3 is 2.61 bits per heavy atom. The monoisotopic (exact) mass is 286 g/mol. The molecule has 0 radical (unpaired) electrons. The lowest BCUT2D eigenvalue weighted by Crippen LogP contribution is -2.02. The first kappa shape index (κ1) is 12.9. The lowest BCUT2D eigenvalue weighted by atomic mass is 10.4. The highest BCUT2D eigenvalue weighted by Crippen LogP contribution is 2.15. The Kier molecular flexibility index (Phi) is 3.58. The molecule has 0 saturated heterocycles. The lowest BCUT2D eigenvalue weighted by molar-refractivity contribution is 0.520. The van der Waals surface area contributed by atoms with Crippen LogP contribution in [0, 0.1) is 0 Å². The third-order valence-electron chi connectivity index (χ3n) is 2.21. The first-order valence-electron chi connectivity index (χ1n) is 5.09. The normalized spacial score (nSPS) is 11.4. The number of rotatable bonds is 4. The number of nitrogens with one attached hydrogen (secondary N) is 1. The molecule has 0 fully saturated rings. The van der Waals surface area contributed by atoms with Gasteiger partial charge in [-0.15, -0.1) is 0 Å².